The van der Waals surface area contributed by atoms with Gasteiger partial charge in [0.25, 0.3) is 0 Å². The number of aliphatic imine (C=N–C) groups is 1. The van der Waals surface area contributed by atoms with Crippen LogP contribution in [0.15, 0.2) is 11.3 Å². The van der Waals surface area contributed by atoms with E-state index in [4.69, 9.17) is 0 Å². The number of aryl methyl sites for hydroxylation is 1. The number of piperidine rings is 1. The first-order chi connectivity index (χ1) is 8.59. The number of likely N-dealkylation sites (tertiary alicyclic amines) is 1. The van der Waals surface area contributed by atoms with E-state index >= 15 is 0 Å². The highest BCUT2D eigenvalue weighted by Crippen LogP contribution is 2.25. The normalized spacial score (nSPS) is 17.0. The Morgan fingerprint density at radius 3 is 2.72 bits per heavy atom. The third kappa shape index (κ3) is 2.49. The van der Waals surface area contributed by atoms with Crippen LogP contribution >= 0.6 is 0 Å². The van der Waals surface area contributed by atoms with Crippen LogP contribution in [0.2, 0.25) is 0 Å². The molecule has 0 N–H and O–H groups in total. The zero-order valence-corrected chi connectivity index (χ0v) is 10.7. The standard InChI is InChI=1S/C11H17N5O2/c1-9(15-6-4-3-5-7-15)13-11-10(16(17)18)12-8-14(11)2/h8H,3-7H2,1-2H3/b13-9+. The van der Waals surface area contributed by atoms with E-state index in [1.165, 1.54) is 12.7 Å². The minimum Gasteiger partial charge on any atom is -0.360 e. The molecule has 1 aliphatic heterocycles. The summed E-state index contributed by atoms with van der Waals surface area (Å²) in [5, 5.41) is 10.8. The molecule has 0 bridgehead atoms. The monoisotopic (exact) mass is 251 g/mol. The first kappa shape index (κ1) is 12.5. The van der Waals surface area contributed by atoms with Gasteiger partial charge in [0, 0.05) is 20.1 Å². The van der Waals surface area contributed by atoms with Crippen molar-refractivity contribution >= 4 is 17.5 Å². The quantitative estimate of drug-likeness (QED) is 0.348. The molecule has 1 saturated heterocycles. The smallest absolute Gasteiger partial charge is 0.360 e. The average molecular weight is 251 g/mol. The molecule has 7 nitrogen and oxygen atoms in total. The molecule has 2 heterocycles. The Balaban J connectivity index is 2.25. The van der Waals surface area contributed by atoms with Crippen LogP contribution in [-0.2, 0) is 7.05 Å². The van der Waals surface area contributed by atoms with Gasteiger partial charge in [0.1, 0.15) is 5.84 Å². The van der Waals surface area contributed by atoms with Gasteiger partial charge in [0.2, 0.25) is 12.1 Å². The van der Waals surface area contributed by atoms with Crippen LogP contribution in [0.3, 0.4) is 0 Å². The van der Waals surface area contributed by atoms with Crippen molar-refractivity contribution in [3.63, 3.8) is 0 Å². The number of nitrogens with zero attached hydrogens (tertiary/aromatic N) is 5. The number of rotatable bonds is 2. The molecule has 0 aromatic carbocycles. The van der Waals surface area contributed by atoms with E-state index in [-0.39, 0.29) is 5.82 Å². The lowest BCUT2D eigenvalue weighted by atomic mass is 10.1. The fraction of sp³-hybridized carbons (Fsp3) is 0.636. The van der Waals surface area contributed by atoms with Crippen molar-refractivity contribution in [2.75, 3.05) is 13.1 Å². The highest BCUT2D eigenvalue weighted by atomic mass is 16.6. The molecule has 1 aromatic rings. The Morgan fingerprint density at radius 2 is 2.11 bits per heavy atom. The van der Waals surface area contributed by atoms with Crippen LogP contribution in [0, 0.1) is 10.1 Å². The second-order valence-electron chi connectivity index (χ2n) is 4.47. The molecule has 1 aromatic heterocycles. The van der Waals surface area contributed by atoms with E-state index in [0.717, 1.165) is 31.8 Å². The lowest BCUT2D eigenvalue weighted by molar-refractivity contribution is -0.388. The number of imidazole rings is 1. The SMILES string of the molecule is C/C(=N\c1c([N+](=O)[O-])ncn1C)N1CCCCC1. The van der Waals surface area contributed by atoms with Gasteiger partial charge in [-0.15, -0.1) is 0 Å². The van der Waals surface area contributed by atoms with E-state index in [0.29, 0.717) is 5.82 Å². The van der Waals surface area contributed by atoms with E-state index in [2.05, 4.69) is 14.9 Å². The number of hydrogen-bond donors (Lipinski definition) is 0. The molecule has 1 fully saturated rings. The second kappa shape index (κ2) is 5.16. The Hall–Kier alpha value is -1.92. The van der Waals surface area contributed by atoms with Crippen molar-refractivity contribution in [1.29, 1.82) is 0 Å². The predicted octanol–water partition coefficient (Wildman–Crippen LogP) is 1.86. The third-order valence-electron chi connectivity index (χ3n) is 3.14. The number of hydrogen-bond acceptors (Lipinski definition) is 4. The first-order valence-electron chi connectivity index (χ1n) is 6.05. The van der Waals surface area contributed by atoms with Gasteiger partial charge in [-0.1, -0.05) is 0 Å². The van der Waals surface area contributed by atoms with E-state index in [1.54, 1.807) is 11.6 Å². The Labute approximate surface area is 105 Å². The summed E-state index contributed by atoms with van der Waals surface area (Å²) in [7, 11) is 1.71. The van der Waals surface area contributed by atoms with Crippen LogP contribution in [0.25, 0.3) is 0 Å². The molecule has 0 aliphatic carbocycles. The molecule has 0 unspecified atom stereocenters. The molecule has 0 saturated carbocycles. The Bertz CT molecular complexity index is 474. The topological polar surface area (TPSA) is 76.6 Å². The molecule has 0 spiro atoms. The molecule has 7 heteroatoms. The van der Waals surface area contributed by atoms with Gasteiger partial charge in [-0.05, 0) is 36.1 Å². The van der Waals surface area contributed by atoms with Gasteiger partial charge < -0.3 is 15.0 Å². The third-order valence-corrected chi connectivity index (χ3v) is 3.14. The molecule has 98 valence electrons. The summed E-state index contributed by atoms with van der Waals surface area (Å²) in [5.74, 6) is 0.943. The van der Waals surface area contributed by atoms with Crippen molar-refractivity contribution in [3.05, 3.63) is 16.4 Å². The van der Waals surface area contributed by atoms with Gasteiger partial charge in [0.15, 0.2) is 0 Å². The number of amidine groups is 1. The first-order valence-corrected chi connectivity index (χ1v) is 6.05. The maximum atomic E-state index is 10.8. The Kier molecular flexibility index (Phi) is 3.59. The zero-order chi connectivity index (χ0) is 13.1. The van der Waals surface area contributed by atoms with Crippen LogP contribution in [0.5, 0.6) is 0 Å². The van der Waals surface area contributed by atoms with Crippen LogP contribution < -0.4 is 0 Å². The summed E-state index contributed by atoms with van der Waals surface area (Å²) in [6, 6.07) is 0. The fourth-order valence-electron chi connectivity index (χ4n) is 2.11. The van der Waals surface area contributed by atoms with Crippen molar-refractivity contribution in [1.82, 2.24) is 14.5 Å². The Morgan fingerprint density at radius 1 is 1.44 bits per heavy atom. The highest BCUT2D eigenvalue weighted by Gasteiger charge is 2.21. The summed E-state index contributed by atoms with van der Waals surface area (Å²) < 4.78 is 1.57. The fourth-order valence-corrected chi connectivity index (χ4v) is 2.11. The van der Waals surface area contributed by atoms with Gasteiger partial charge >= 0.3 is 5.82 Å². The van der Waals surface area contributed by atoms with Gasteiger partial charge in [-0.3, -0.25) is 4.57 Å². The van der Waals surface area contributed by atoms with E-state index < -0.39 is 4.92 Å². The van der Waals surface area contributed by atoms with Gasteiger partial charge in [-0.2, -0.15) is 0 Å². The van der Waals surface area contributed by atoms with Crippen LogP contribution in [-0.4, -0.2) is 38.3 Å². The molecule has 18 heavy (non-hydrogen) atoms. The molecule has 2 rings (SSSR count). The summed E-state index contributed by atoms with van der Waals surface area (Å²) in [6.45, 7) is 3.84. The van der Waals surface area contributed by atoms with Crippen molar-refractivity contribution in [3.8, 4) is 0 Å². The zero-order valence-electron chi connectivity index (χ0n) is 10.7. The highest BCUT2D eigenvalue weighted by molar-refractivity contribution is 5.83. The second-order valence-corrected chi connectivity index (χ2v) is 4.47. The maximum Gasteiger partial charge on any atom is 0.408 e. The maximum absolute atomic E-state index is 10.8. The minimum absolute atomic E-state index is 0.186. The minimum atomic E-state index is -0.498. The van der Waals surface area contributed by atoms with Crippen molar-refractivity contribution in [2.45, 2.75) is 26.2 Å². The molecule has 0 atom stereocenters. The van der Waals surface area contributed by atoms with Crippen LogP contribution in [0.4, 0.5) is 11.6 Å². The number of nitro groups is 1. The molecular formula is C11H17N5O2. The van der Waals surface area contributed by atoms with Gasteiger partial charge in [-0.25, -0.2) is 4.99 Å². The summed E-state index contributed by atoms with van der Waals surface area (Å²) in [4.78, 5) is 20.6. The molecule has 0 radical (unpaired) electrons. The van der Waals surface area contributed by atoms with E-state index in [1.807, 2.05) is 6.92 Å². The average Bonchev–Trinajstić information content (AvgIpc) is 2.72. The van der Waals surface area contributed by atoms with E-state index in [9.17, 15) is 10.1 Å². The summed E-state index contributed by atoms with van der Waals surface area (Å²) >= 11 is 0. The molecule has 0 amide bonds. The van der Waals surface area contributed by atoms with Crippen LogP contribution in [0.1, 0.15) is 26.2 Å². The largest absolute Gasteiger partial charge is 0.408 e. The predicted molar refractivity (Wildman–Crippen MR) is 68.1 cm³/mol. The summed E-state index contributed by atoms with van der Waals surface area (Å²) in [6.07, 6.45) is 4.97. The van der Waals surface area contributed by atoms with Crippen molar-refractivity contribution in [2.24, 2.45) is 12.0 Å². The summed E-state index contributed by atoms with van der Waals surface area (Å²) in [5.41, 5.74) is 0. The van der Waals surface area contributed by atoms with Gasteiger partial charge in [0.05, 0.1) is 0 Å². The lowest BCUT2D eigenvalue weighted by Gasteiger charge is -2.28. The van der Waals surface area contributed by atoms with Crippen molar-refractivity contribution < 1.29 is 4.92 Å². The molecular weight excluding hydrogens is 234 g/mol. The number of aromatic nitrogens is 2. The molecule has 1 aliphatic rings. The lowest BCUT2D eigenvalue weighted by Crippen LogP contribution is -2.33.